The third-order valence-corrected chi connectivity index (χ3v) is 6.24. The number of aromatic carboxylic acids is 2. The van der Waals surface area contributed by atoms with Crippen molar-refractivity contribution in [1.82, 2.24) is 5.01 Å². The van der Waals surface area contributed by atoms with Crippen LogP contribution in [0.1, 0.15) is 31.8 Å². The van der Waals surface area contributed by atoms with Crippen molar-refractivity contribution in [2.45, 2.75) is 0 Å². The average molecular weight is 533 g/mol. The number of thiocarbonyl (C=S) groups is 1. The van der Waals surface area contributed by atoms with Crippen LogP contribution >= 0.6 is 24.0 Å². The fourth-order valence-corrected chi connectivity index (χ4v) is 4.54. The lowest BCUT2D eigenvalue weighted by Crippen LogP contribution is -2.22. The molecule has 1 aliphatic rings. The molecule has 1 saturated heterocycles. The van der Waals surface area contributed by atoms with Gasteiger partial charge in [-0.1, -0.05) is 17.8 Å². The standard InChI is InChI=1S/C23H20N2O9S2/c1-31-13-7-5-11(16(21(27)28)18(13)33-3)9-15-20(26)25(23(35)36-15)24-10-12-6-8-14(32-2)19(34-4)17(12)22(29)30/h5-10H,1-4H3,(H,27,28)(H,29,30)/b15-9+,24-10+. The lowest BCUT2D eigenvalue weighted by atomic mass is 10.0. The predicted octanol–water partition coefficient (Wildman–Crippen LogP) is 3.35. The van der Waals surface area contributed by atoms with Gasteiger partial charge in [-0.25, -0.2) is 9.59 Å². The van der Waals surface area contributed by atoms with Gasteiger partial charge in [0, 0.05) is 5.56 Å². The third-order valence-electron chi connectivity index (χ3n) is 4.96. The summed E-state index contributed by atoms with van der Waals surface area (Å²) in [4.78, 5) is 36.9. The number of hydrogen-bond donors (Lipinski definition) is 2. The Bertz CT molecular complexity index is 1320. The van der Waals surface area contributed by atoms with Crippen molar-refractivity contribution >= 4 is 58.4 Å². The van der Waals surface area contributed by atoms with Crippen molar-refractivity contribution in [1.29, 1.82) is 0 Å². The Hall–Kier alpha value is -4.10. The zero-order valence-electron chi connectivity index (χ0n) is 19.4. The predicted molar refractivity (Wildman–Crippen MR) is 136 cm³/mol. The zero-order valence-corrected chi connectivity index (χ0v) is 21.1. The van der Waals surface area contributed by atoms with Crippen molar-refractivity contribution < 1.29 is 43.5 Å². The second-order valence-corrected chi connectivity index (χ2v) is 8.55. The van der Waals surface area contributed by atoms with Gasteiger partial charge in [-0.3, -0.25) is 4.79 Å². The van der Waals surface area contributed by atoms with E-state index in [-0.39, 0.29) is 54.5 Å². The fraction of sp³-hybridized carbons (Fsp3) is 0.174. The van der Waals surface area contributed by atoms with Gasteiger partial charge in [-0.2, -0.15) is 10.1 Å². The van der Waals surface area contributed by atoms with E-state index in [1.54, 1.807) is 0 Å². The van der Waals surface area contributed by atoms with Gasteiger partial charge >= 0.3 is 11.9 Å². The van der Waals surface area contributed by atoms with E-state index in [9.17, 15) is 24.6 Å². The van der Waals surface area contributed by atoms with Gasteiger partial charge in [-0.05, 0) is 42.1 Å². The van der Waals surface area contributed by atoms with E-state index in [1.165, 1.54) is 58.8 Å². The molecule has 0 aliphatic carbocycles. The molecule has 36 heavy (non-hydrogen) atoms. The summed E-state index contributed by atoms with van der Waals surface area (Å²) in [6.07, 6.45) is 2.53. The molecule has 1 amide bonds. The minimum atomic E-state index is -1.29. The monoisotopic (exact) mass is 532 g/mol. The summed E-state index contributed by atoms with van der Waals surface area (Å²) in [5, 5.41) is 24.4. The van der Waals surface area contributed by atoms with Crippen LogP contribution in [0.25, 0.3) is 6.08 Å². The van der Waals surface area contributed by atoms with Gasteiger partial charge in [0.25, 0.3) is 5.91 Å². The molecule has 1 fully saturated rings. The van der Waals surface area contributed by atoms with Crippen LogP contribution in [0, 0.1) is 0 Å². The van der Waals surface area contributed by atoms with Crippen LogP contribution in [0.4, 0.5) is 0 Å². The van der Waals surface area contributed by atoms with Crippen molar-refractivity contribution in [3.8, 4) is 23.0 Å². The summed E-state index contributed by atoms with van der Waals surface area (Å²) >= 11 is 6.17. The highest BCUT2D eigenvalue weighted by Crippen LogP contribution is 2.38. The highest BCUT2D eigenvalue weighted by Gasteiger charge is 2.33. The molecular weight excluding hydrogens is 512 g/mol. The van der Waals surface area contributed by atoms with Gasteiger partial charge in [0.2, 0.25) is 0 Å². The van der Waals surface area contributed by atoms with Crippen molar-refractivity contribution in [3.63, 3.8) is 0 Å². The topological polar surface area (TPSA) is 144 Å². The second kappa shape index (κ2) is 11.1. The lowest BCUT2D eigenvalue weighted by molar-refractivity contribution is -0.122. The molecule has 0 saturated carbocycles. The van der Waals surface area contributed by atoms with E-state index in [0.29, 0.717) is 0 Å². The summed E-state index contributed by atoms with van der Waals surface area (Å²) in [5.41, 5.74) is -0.0658. The van der Waals surface area contributed by atoms with Gasteiger partial charge in [-0.15, -0.1) is 0 Å². The summed E-state index contributed by atoms with van der Waals surface area (Å²) in [6.45, 7) is 0. The van der Waals surface area contributed by atoms with Gasteiger partial charge in [0.15, 0.2) is 27.3 Å². The van der Waals surface area contributed by atoms with Crippen LogP contribution < -0.4 is 18.9 Å². The number of thioether (sulfide) groups is 1. The molecule has 1 aliphatic heterocycles. The lowest BCUT2D eigenvalue weighted by Gasteiger charge is -2.13. The second-order valence-electron chi connectivity index (χ2n) is 6.88. The number of carbonyl (C=O) groups excluding carboxylic acids is 1. The molecule has 188 valence electrons. The minimum absolute atomic E-state index is 0.00176. The van der Waals surface area contributed by atoms with Crippen LogP contribution in [0.3, 0.4) is 0 Å². The van der Waals surface area contributed by atoms with E-state index >= 15 is 0 Å². The maximum Gasteiger partial charge on any atom is 0.340 e. The van der Waals surface area contributed by atoms with E-state index < -0.39 is 17.8 Å². The smallest absolute Gasteiger partial charge is 0.340 e. The number of methoxy groups -OCH3 is 4. The number of carboxylic acid groups (broad SMARTS) is 2. The zero-order chi connectivity index (χ0) is 26.6. The molecule has 13 heteroatoms. The number of hydrogen-bond acceptors (Lipinski definition) is 10. The quantitative estimate of drug-likeness (QED) is 0.279. The third kappa shape index (κ3) is 4.97. The molecule has 2 aromatic carbocycles. The molecule has 0 unspecified atom stereocenters. The molecule has 1 heterocycles. The number of rotatable bonds is 9. The average Bonchev–Trinajstić information content (AvgIpc) is 3.12. The van der Waals surface area contributed by atoms with Crippen LogP contribution in [0.15, 0.2) is 34.3 Å². The molecule has 3 rings (SSSR count). The number of nitrogens with zero attached hydrogens (tertiary/aromatic N) is 2. The Kier molecular flexibility index (Phi) is 8.17. The molecule has 2 N–H and O–H groups in total. The van der Waals surface area contributed by atoms with Gasteiger partial charge < -0.3 is 29.2 Å². The van der Waals surface area contributed by atoms with Gasteiger partial charge in [0.1, 0.15) is 11.1 Å². The summed E-state index contributed by atoms with van der Waals surface area (Å²) in [7, 11) is 5.36. The Balaban J connectivity index is 2.00. The summed E-state index contributed by atoms with van der Waals surface area (Å²) in [6, 6.07) is 5.94. The first kappa shape index (κ1) is 26.5. The molecule has 0 spiro atoms. The van der Waals surface area contributed by atoms with Crippen LogP contribution in [0.2, 0.25) is 0 Å². The highest BCUT2D eigenvalue weighted by molar-refractivity contribution is 8.26. The first-order valence-electron chi connectivity index (χ1n) is 9.96. The number of benzene rings is 2. The highest BCUT2D eigenvalue weighted by atomic mass is 32.2. The molecule has 0 atom stereocenters. The fourth-order valence-electron chi connectivity index (χ4n) is 3.37. The minimum Gasteiger partial charge on any atom is -0.493 e. The first-order chi connectivity index (χ1) is 17.2. The number of hydrazone groups is 1. The number of carbonyl (C=O) groups is 3. The molecular formula is C23H20N2O9S2. The van der Waals surface area contributed by atoms with E-state index in [4.69, 9.17) is 31.2 Å². The maximum absolute atomic E-state index is 13.0. The van der Waals surface area contributed by atoms with Crippen LogP contribution in [0.5, 0.6) is 23.0 Å². The van der Waals surface area contributed by atoms with Crippen molar-refractivity contribution in [3.05, 3.63) is 51.4 Å². The van der Waals surface area contributed by atoms with E-state index in [2.05, 4.69) is 5.10 Å². The summed E-state index contributed by atoms with van der Waals surface area (Å²) < 4.78 is 20.7. The normalized spacial score (nSPS) is 14.4. The number of amides is 1. The number of carboxylic acids is 2. The van der Waals surface area contributed by atoms with Crippen LogP contribution in [-0.4, -0.2) is 72.0 Å². The largest absolute Gasteiger partial charge is 0.493 e. The first-order valence-corrected chi connectivity index (χ1v) is 11.2. The Morgan fingerprint density at radius 3 is 1.86 bits per heavy atom. The SMILES string of the molecule is COc1ccc(/C=N/N2C(=O)/C(=C\c3ccc(OC)c(OC)c3C(=O)O)SC2=S)c(C(=O)O)c1OC. The number of ether oxygens (including phenoxy) is 4. The van der Waals surface area contributed by atoms with Crippen LogP contribution in [-0.2, 0) is 4.79 Å². The molecule has 0 aromatic heterocycles. The maximum atomic E-state index is 13.0. The Labute approximate surface area is 214 Å². The Morgan fingerprint density at radius 1 is 0.889 bits per heavy atom. The molecule has 0 radical (unpaired) electrons. The van der Waals surface area contributed by atoms with Gasteiger partial charge in [0.05, 0.1) is 39.6 Å². The molecule has 0 bridgehead atoms. The molecule has 2 aromatic rings. The Morgan fingerprint density at radius 2 is 1.39 bits per heavy atom. The molecule has 11 nitrogen and oxygen atoms in total. The van der Waals surface area contributed by atoms with E-state index in [1.807, 2.05) is 0 Å². The van der Waals surface area contributed by atoms with Crippen molar-refractivity contribution in [2.75, 3.05) is 28.4 Å². The van der Waals surface area contributed by atoms with Crippen molar-refractivity contribution in [2.24, 2.45) is 5.10 Å². The summed E-state index contributed by atoms with van der Waals surface area (Å²) in [5.74, 6) is -2.76. The van der Waals surface area contributed by atoms with E-state index in [0.717, 1.165) is 23.0 Å².